The number of imidazole rings is 1. The highest BCUT2D eigenvalue weighted by molar-refractivity contribution is 5.84. The summed E-state index contributed by atoms with van der Waals surface area (Å²) in [6.45, 7) is 3.52. The number of ether oxygens (including phenoxy) is 1. The molecule has 2 aromatic rings. The minimum absolute atomic E-state index is 0.0636. The zero-order valence-electron chi connectivity index (χ0n) is 11.9. The average Bonchev–Trinajstić information content (AvgIpc) is 2.76. The van der Waals surface area contributed by atoms with E-state index >= 15 is 0 Å². The fourth-order valence-corrected chi connectivity index (χ4v) is 2.69. The van der Waals surface area contributed by atoms with E-state index in [0.29, 0.717) is 17.2 Å². The topological polar surface area (TPSA) is 82.5 Å². The van der Waals surface area contributed by atoms with E-state index < -0.39 is 17.6 Å². The van der Waals surface area contributed by atoms with Crippen LogP contribution in [0.1, 0.15) is 32.5 Å². The van der Waals surface area contributed by atoms with E-state index in [4.69, 9.17) is 10.5 Å². The number of carbonyl (C=O) groups is 1. The van der Waals surface area contributed by atoms with Crippen LogP contribution >= 0.6 is 0 Å². The van der Waals surface area contributed by atoms with Crippen molar-refractivity contribution in [3.8, 4) is 0 Å². The van der Waals surface area contributed by atoms with Crippen molar-refractivity contribution in [3.05, 3.63) is 24.2 Å². The number of nitrogens with zero attached hydrogens (tertiary/aromatic N) is 3. The third-order valence-electron chi connectivity index (χ3n) is 3.71. The van der Waals surface area contributed by atoms with Gasteiger partial charge in [0.2, 0.25) is 0 Å². The molecule has 112 valence electrons. The minimum Gasteiger partial charge on any atom is -0.462 e. The molecule has 0 spiro atoms. The van der Waals surface area contributed by atoms with Crippen molar-refractivity contribution >= 4 is 17.3 Å². The van der Waals surface area contributed by atoms with E-state index in [-0.39, 0.29) is 18.9 Å². The third-order valence-corrected chi connectivity index (χ3v) is 3.71. The molecule has 6 nitrogen and oxygen atoms in total. The van der Waals surface area contributed by atoms with E-state index in [1.165, 1.54) is 4.52 Å². The van der Waals surface area contributed by atoms with Crippen LogP contribution in [0.15, 0.2) is 18.3 Å². The zero-order chi connectivity index (χ0) is 15.2. The molecule has 2 heterocycles. The quantitative estimate of drug-likeness (QED) is 0.869. The van der Waals surface area contributed by atoms with Crippen LogP contribution in [0.5, 0.6) is 0 Å². The van der Waals surface area contributed by atoms with E-state index in [9.17, 15) is 9.18 Å². The van der Waals surface area contributed by atoms with E-state index in [1.54, 1.807) is 32.2 Å². The van der Waals surface area contributed by atoms with Crippen LogP contribution in [0, 0.1) is 0 Å². The van der Waals surface area contributed by atoms with E-state index in [0.717, 1.165) is 0 Å². The molecule has 1 aliphatic rings. The van der Waals surface area contributed by atoms with Crippen molar-refractivity contribution in [2.45, 2.75) is 44.4 Å². The summed E-state index contributed by atoms with van der Waals surface area (Å²) in [5, 5.41) is 4.17. The maximum absolute atomic E-state index is 13.5. The first-order valence-electron chi connectivity index (χ1n) is 6.88. The number of hydrogen-bond donors (Lipinski definition) is 1. The number of aromatic nitrogens is 3. The van der Waals surface area contributed by atoms with Crippen LogP contribution in [0.4, 0.5) is 10.2 Å². The van der Waals surface area contributed by atoms with Crippen molar-refractivity contribution < 1.29 is 13.9 Å². The number of nitrogens with two attached hydrogens (primary N) is 1. The Kier molecular flexibility index (Phi) is 3.07. The summed E-state index contributed by atoms with van der Waals surface area (Å²) in [6.07, 6.45) is 0.426. The molecular formula is C14H17FN4O2. The van der Waals surface area contributed by atoms with Gasteiger partial charge in [0.15, 0.2) is 0 Å². The minimum atomic E-state index is -1.07. The van der Waals surface area contributed by atoms with E-state index in [1.807, 2.05) is 0 Å². The summed E-state index contributed by atoms with van der Waals surface area (Å²) in [4.78, 5) is 16.7. The van der Waals surface area contributed by atoms with Crippen LogP contribution < -0.4 is 5.73 Å². The van der Waals surface area contributed by atoms with Gasteiger partial charge >= 0.3 is 5.97 Å². The van der Waals surface area contributed by atoms with Gasteiger partial charge in [0.05, 0.1) is 17.8 Å². The number of carbonyl (C=O) groups excluding carboxylic acids is 1. The number of hydrogen-bond acceptors (Lipinski definition) is 5. The van der Waals surface area contributed by atoms with Gasteiger partial charge in [0.25, 0.3) is 0 Å². The number of rotatable bonds is 3. The Hall–Kier alpha value is -2.18. The highest BCUT2D eigenvalue weighted by Crippen LogP contribution is 2.46. The predicted octanol–water partition coefficient (Wildman–Crippen LogP) is 1.63. The van der Waals surface area contributed by atoms with Crippen molar-refractivity contribution in [2.24, 2.45) is 0 Å². The number of nitrogen functional groups attached to an aromatic ring is 1. The van der Waals surface area contributed by atoms with Gasteiger partial charge in [0.1, 0.15) is 23.2 Å². The standard InChI is InChI=1S/C14H17FN4O2/c1-8(2)21-13(20)14(5-9(15)6-14)12-17-7-10-3-4-11(16)18-19(10)12/h3-4,7-9H,5-6H2,1-2H3,(H2,16,18). The lowest BCUT2D eigenvalue weighted by Gasteiger charge is -2.40. The Balaban J connectivity index is 2.08. The molecule has 7 heteroatoms. The zero-order valence-corrected chi connectivity index (χ0v) is 11.9. The summed E-state index contributed by atoms with van der Waals surface area (Å²) in [6, 6.07) is 3.41. The molecule has 0 aromatic carbocycles. The van der Waals surface area contributed by atoms with Gasteiger partial charge in [0, 0.05) is 12.8 Å². The average molecular weight is 292 g/mol. The lowest BCUT2D eigenvalue weighted by Crippen LogP contribution is -2.51. The molecule has 0 unspecified atom stereocenters. The fraction of sp³-hybridized carbons (Fsp3) is 0.500. The molecule has 1 saturated carbocycles. The van der Waals surface area contributed by atoms with Gasteiger partial charge < -0.3 is 10.5 Å². The lowest BCUT2D eigenvalue weighted by molar-refractivity contribution is -0.162. The van der Waals surface area contributed by atoms with Crippen molar-refractivity contribution in [1.29, 1.82) is 0 Å². The number of fused-ring (bicyclic) bond motifs is 1. The normalized spacial score (nSPS) is 25.0. The lowest BCUT2D eigenvalue weighted by atomic mass is 9.66. The van der Waals surface area contributed by atoms with E-state index in [2.05, 4.69) is 10.1 Å². The molecule has 3 rings (SSSR count). The molecule has 0 bridgehead atoms. The van der Waals surface area contributed by atoms with Gasteiger partial charge in [-0.05, 0) is 26.0 Å². The Morgan fingerprint density at radius 2 is 2.24 bits per heavy atom. The second-order valence-electron chi connectivity index (χ2n) is 5.72. The first-order valence-corrected chi connectivity index (χ1v) is 6.88. The van der Waals surface area contributed by atoms with Gasteiger partial charge in [-0.3, -0.25) is 4.79 Å². The van der Waals surface area contributed by atoms with Crippen LogP contribution in [-0.4, -0.2) is 32.8 Å². The molecule has 0 radical (unpaired) electrons. The molecule has 0 atom stereocenters. The molecule has 1 aliphatic carbocycles. The Labute approximate surface area is 121 Å². The summed E-state index contributed by atoms with van der Waals surface area (Å²) >= 11 is 0. The number of anilines is 1. The number of alkyl halides is 1. The van der Waals surface area contributed by atoms with Crippen molar-refractivity contribution in [3.63, 3.8) is 0 Å². The summed E-state index contributed by atoms with van der Waals surface area (Å²) < 4.78 is 20.3. The molecule has 0 aliphatic heterocycles. The maximum Gasteiger partial charge on any atom is 0.320 e. The molecule has 1 fully saturated rings. The predicted molar refractivity (Wildman–Crippen MR) is 74.4 cm³/mol. The van der Waals surface area contributed by atoms with Crippen LogP contribution in [-0.2, 0) is 14.9 Å². The van der Waals surface area contributed by atoms with Gasteiger partial charge in [-0.25, -0.2) is 13.9 Å². The highest BCUT2D eigenvalue weighted by atomic mass is 19.1. The first-order chi connectivity index (χ1) is 9.92. The molecule has 0 saturated heterocycles. The molecule has 0 amide bonds. The second kappa shape index (κ2) is 4.68. The van der Waals surface area contributed by atoms with Crippen molar-refractivity contribution in [1.82, 2.24) is 14.6 Å². The SMILES string of the molecule is CC(C)OC(=O)C1(c2ncc3ccc(N)nn23)CC(F)C1. The Morgan fingerprint density at radius 1 is 1.52 bits per heavy atom. The molecule has 2 N–H and O–H groups in total. The largest absolute Gasteiger partial charge is 0.462 e. The van der Waals surface area contributed by atoms with Crippen LogP contribution in [0.25, 0.3) is 5.52 Å². The number of esters is 1. The highest BCUT2D eigenvalue weighted by Gasteiger charge is 2.56. The van der Waals surface area contributed by atoms with Gasteiger partial charge in [-0.2, -0.15) is 0 Å². The molecular weight excluding hydrogens is 275 g/mol. The molecule has 2 aromatic heterocycles. The van der Waals surface area contributed by atoms with Gasteiger partial charge in [-0.1, -0.05) is 0 Å². The fourth-order valence-electron chi connectivity index (χ4n) is 2.69. The second-order valence-corrected chi connectivity index (χ2v) is 5.72. The van der Waals surface area contributed by atoms with Crippen molar-refractivity contribution in [2.75, 3.05) is 5.73 Å². The number of halogens is 1. The maximum atomic E-state index is 13.5. The first kappa shape index (κ1) is 13.8. The smallest absolute Gasteiger partial charge is 0.320 e. The Morgan fingerprint density at radius 3 is 2.86 bits per heavy atom. The van der Waals surface area contributed by atoms with Gasteiger partial charge in [-0.15, -0.1) is 5.10 Å². The van der Waals surface area contributed by atoms with Crippen LogP contribution in [0.3, 0.4) is 0 Å². The molecule has 21 heavy (non-hydrogen) atoms. The summed E-state index contributed by atoms with van der Waals surface area (Å²) in [7, 11) is 0. The summed E-state index contributed by atoms with van der Waals surface area (Å²) in [5.74, 6) is 0.248. The van der Waals surface area contributed by atoms with Crippen LogP contribution in [0.2, 0.25) is 0 Å². The third kappa shape index (κ3) is 2.12. The summed E-state index contributed by atoms with van der Waals surface area (Å²) in [5.41, 5.74) is 5.32. The Bertz CT molecular complexity index is 691. The monoisotopic (exact) mass is 292 g/mol.